The van der Waals surface area contributed by atoms with E-state index in [0.717, 1.165) is 5.56 Å². The Kier molecular flexibility index (Phi) is 5.14. The smallest absolute Gasteiger partial charge is 0.273 e. The van der Waals surface area contributed by atoms with Gasteiger partial charge < -0.3 is 14.4 Å². The first-order valence-corrected chi connectivity index (χ1v) is 8.24. The summed E-state index contributed by atoms with van der Waals surface area (Å²) in [5, 5.41) is 11.1. The molecule has 0 aliphatic carbocycles. The molecule has 0 bridgehead atoms. The molecular formula is C17H17ClN4O3. The number of rotatable bonds is 6. The van der Waals surface area contributed by atoms with Crippen LogP contribution in [0.15, 0.2) is 39.4 Å². The van der Waals surface area contributed by atoms with E-state index in [9.17, 15) is 4.79 Å². The van der Waals surface area contributed by atoms with Crippen molar-refractivity contribution >= 4 is 17.5 Å². The molecule has 0 saturated heterocycles. The SMILES string of the molecule is CC(C)c1cc(C(=O)NCCc2nc(-c3ccc(Cl)cc3)no2)no1. The van der Waals surface area contributed by atoms with Crippen molar-refractivity contribution in [3.8, 4) is 11.4 Å². The third kappa shape index (κ3) is 4.24. The number of hydrogen-bond donors (Lipinski definition) is 1. The van der Waals surface area contributed by atoms with Crippen molar-refractivity contribution in [1.82, 2.24) is 20.6 Å². The Morgan fingerprint density at radius 1 is 1.20 bits per heavy atom. The number of carbonyl (C=O) groups excluding carboxylic acids is 1. The van der Waals surface area contributed by atoms with Crippen LogP contribution < -0.4 is 5.32 Å². The van der Waals surface area contributed by atoms with E-state index < -0.39 is 0 Å². The highest BCUT2D eigenvalue weighted by Crippen LogP contribution is 2.18. The van der Waals surface area contributed by atoms with Crippen LogP contribution >= 0.6 is 11.6 Å². The van der Waals surface area contributed by atoms with Gasteiger partial charge in [-0.2, -0.15) is 4.98 Å². The lowest BCUT2D eigenvalue weighted by Crippen LogP contribution is -2.26. The third-order valence-electron chi connectivity index (χ3n) is 3.52. The van der Waals surface area contributed by atoms with Gasteiger partial charge in [0.1, 0.15) is 5.76 Å². The molecule has 1 amide bonds. The Labute approximate surface area is 149 Å². The molecule has 1 N–H and O–H groups in total. The van der Waals surface area contributed by atoms with E-state index in [1.807, 2.05) is 26.0 Å². The van der Waals surface area contributed by atoms with Crippen LogP contribution in [-0.4, -0.2) is 27.7 Å². The summed E-state index contributed by atoms with van der Waals surface area (Å²) in [7, 11) is 0. The number of benzene rings is 1. The Balaban J connectivity index is 1.53. The van der Waals surface area contributed by atoms with Gasteiger partial charge in [-0.15, -0.1) is 0 Å². The summed E-state index contributed by atoms with van der Waals surface area (Å²) in [5.41, 5.74) is 1.07. The van der Waals surface area contributed by atoms with E-state index in [-0.39, 0.29) is 17.5 Å². The van der Waals surface area contributed by atoms with Gasteiger partial charge in [-0.05, 0) is 24.3 Å². The molecule has 0 fully saturated rings. The summed E-state index contributed by atoms with van der Waals surface area (Å²) >= 11 is 5.86. The van der Waals surface area contributed by atoms with Crippen LogP contribution in [0.25, 0.3) is 11.4 Å². The van der Waals surface area contributed by atoms with Crippen molar-refractivity contribution in [2.75, 3.05) is 6.54 Å². The number of aromatic nitrogens is 3. The Morgan fingerprint density at radius 3 is 2.64 bits per heavy atom. The molecule has 3 aromatic rings. The molecule has 2 heterocycles. The first-order chi connectivity index (χ1) is 12.0. The van der Waals surface area contributed by atoms with Crippen molar-refractivity contribution in [2.45, 2.75) is 26.2 Å². The highest BCUT2D eigenvalue weighted by Gasteiger charge is 2.15. The van der Waals surface area contributed by atoms with Gasteiger partial charge >= 0.3 is 0 Å². The largest absolute Gasteiger partial charge is 0.360 e. The topological polar surface area (TPSA) is 94.1 Å². The van der Waals surface area contributed by atoms with Gasteiger partial charge in [0.25, 0.3) is 5.91 Å². The molecule has 0 aliphatic heterocycles. The summed E-state index contributed by atoms with van der Waals surface area (Å²) in [6, 6.07) is 8.80. The number of hydrogen-bond acceptors (Lipinski definition) is 6. The molecule has 2 aromatic heterocycles. The minimum Gasteiger partial charge on any atom is -0.360 e. The van der Waals surface area contributed by atoms with Crippen LogP contribution in [-0.2, 0) is 6.42 Å². The molecule has 130 valence electrons. The molecular weight excluding hydrogens is 344 g/mol. The van der Waals surface area contributed by atoms with Gasteiger partial charge in [0.05, 0.1) is 0 Å². The minimum atomic E-state index is -0.298. The Bertz CT molecular complexity index is 855. The van der Waals surface area contributed by atoms with Crippen molar-refractivity contribution in [3.05, 3.63) is 52.7 Å². The highest BCUT2D eigenvalue weighted by molar-refractivity contribution is 6.30. The highest BCUT2D eigenvalue weighted by atomic mass is 35.5. The summed E-state index contributed by atoms with van der Waals surface area (Å²) in [5.74, 6) is 1.48. The second-order valence-corrected chi connectivity index (χ2v) is 6.23. The quantitative estimate of drug-likeness (QED) is 0.723. The maximum absolute atomic E-state index is 12.0. The van der Waals surface area contributed by atoms with Crippen molar-refractivity contribution in [1.29, 1.82) is 0 Å². The predicted octanol–water partition coefficient (Wildman–Crippen LogP) is 3.47. The van der Waals surface area contributed by atoms with Crippen LogP contribution in [0.2, 0.25) is 5.02 Å². The summed E-state index contributed by atoms with van der Waals surface area (Å²) in [4.78, 5) is 16.3. The lowest BCUT2D eigenvalue weighted by molar-refractivity contribution is 0.0944. The first kappa shape index (κ1) is 17.2. The molecule has 0 saturated carbocycles. The van der Waals surface area contributed by atoms with Gasteiger partial charge in [-0.25, -0.2) is 0 Å². The number of carbonyl (C=O) groups is 1. The molecule has 0 aliphatic rings. The van der Waals surface area contributed by atoms with Crippen LogP contribution in [0.1, 0.15) is 41.9 Å². The van der Waals surface area contributed by atoms with Gasteiger partial charge in [0.15, 0.2) is 5.69 Å². The molecule has 0 atom stereocenters. The van der Waals surface area contributed by atoms with E-state index in [1.54, 1.807) is 18.2 Å². The Hall–Kier alpha value is -2.67. The maximum Gasteiger partial charge on any atom is 0.273 e. The third-order valence-corrected chi connectivity index (χ3v) is 3.78. The predicted molar refractivity (Wildman–Crippen MR) is 91.4 cm³/mol. The fourth-order valence-electron chi connectivity index (χ4n) is 2.11. The second-order valence-electron chi connectivity index (χ2n) is 5.79. The average Bonchev–Trinajstić information content (AvgIpc) is 3.25. The van der Waals surface area contributed by atoms with Gasteiger partial charge in [0.2, 0.25) is 11.7 Å². The van der Waals surface area contributed by atoms with Crippen LogP contribution in [0.5, 0.6) is 0 Å². The normalized spacial score (nSPS) is 11.0. The molecule has 0 radical (unpaired) electrons. The summed E-state index contributed by atoms with van der Waals surface area (Å²) in [6.07, 6.45) is 0.418. The van der Waals surface area contributed by atoms with E-state index in [0.29, 0.717) is 35.5 Å². The fraction of sp³-hybridized carbons (Fsp3) is 0.294. The molecule has 1 aromatic carbocycles. The van der Waals surface area contributed by atoms with E-state index >= 15 is 0 Å². The van der Waals surface area contributed by atoms with Crippen molar-refractivity contribution < 1.29 is 13.8 Å². The minimum absolute atomic E-state index is 0.179. The Morgan fingerprint density at radius 2 is 1.96 bits per heavy atom. The molecule has 0 unspecified atom stereocenters. The zero-order valence-corrected chi connectivity index (χ0v) is 14.6. The zero-order valence-electron chi connectivity index (χ0n) is 13.8. The summed E-state index contributed by atoms with van der Waals surface area (Å²) < 4.78 is 10.3. The molecule has 0 spiro atoms. The average molecular weight is 361 g/mol. The summed E-state index contributed by atoms with van der Waals surface area (Å²) in [6.45, 7) is 4.29. The standard InChI is InChI=1S/C17H17ClN4O3/c1-10(2)14-9-13(21-24-14)17(23)19-8-7-15-20-16(22-25-15)11-3-5-12(18)6-4-11/h3-6,9-10H,7-8H2,1-2H3,(H,19,23). The van der Waals surface area contributed by atoms with Gasteiger partial charge in [0, 0.05) is 35.5 Å². The van der Waals surface area contributed by atoms with Crippen LogP contribution in [0, 0.1) is 0 Å². The monoisotopic (exact) mass is 360 g/mol. The van der Waals surface area contributed by atoms with Crippen molar-refractivity contribution in [2.24, 2.45) is 0 Å². The van der Waals surface area contributed by atoms with Crippen LogP contribution in [0.3, 0.4) is 0 Å². The number of halogens is 1. The van der Waals surface area contributed by atoms with E-state index in [4.69, 9.17) is 20.6 Å². The molecule has 8 heteroatoms. The van der Waals surface area contributed by atoms with Gasteiger partial charge in [-0.3, -0.25) is 4.79 Å². The molecule has 3 rings (SSSR count). The number of amides is 1. The lowest BCUT2D eigenvalue weighted by Gasteiger charge is -1.99. The molecule has 25 heavy (non-hydrogen) atoms. The zero-order chi connectivity index (χ0) is 17.8. The van der Waals surface area contributed by atoms with E-state index in [2.05, 4.69) is 20.6 Å². The number of nitrogens with one attached hydrogen (secondary N) is 1. The van der Waals surface area contributed by atoms with E-state index in [1.165, 1.54) is 0 Å². The maximum atomic E-state index is 12.0. The first-order valence-electron chi connectivity index (χ1n) is 7.86. The number of nitrogens with zero attached hydrogens (tertiary/aromatic N) is 3. The molecule has 7 nitrogen and oxygen atoms in total. The van der Waals surface area contributed by atoms with Crippen molar-refractivity contribution in [3.63, 3.8) is 0 Å². The fourth-order valence-corrected chi connectivity index (χ4v) is 2.24. The van der Waals surface area contributed by atoms with Crippen LogP contribution in [0.4, 0.5) is 0 Å². The lowest BCUT2D eigenvalue weighted by atomic mass is 10.1. The van der Waals surface area contributed by atoms with Gasteiger partial charge in [-0.1, -0.05) is 35.8 Å². The second kappa shape index (κ2) is 7.48.